The number of anilines is 3. The van der Waals surface area contributed by atoms with Crippen LogP contribution in [0.2, 0.25) is 0 Å². The Hall–Kier alpha value is -5.96. The molecule has 0 N–H and O–H groups in total. The van der Waals surface area contributed by atoms with Crippen molar-refractivity contribution in [1.29, 1.82) is 0 Å². The highest BCUT2D eigenvalue weighted by Gasteiger charge is 2.24. The molecule has 0 atom stereocenters. The lowest BCUT2D eigenvalue weighted by atomic mass is 9.80. The fraction of sp³-hybridized carbons (Fsp3) is 0.115. The number of rotatable bonds is 7. The van der Waals surface area contributed by atoms with Crippen molar-refractivity contribution < 1.29 is 0 Å². The number of fused-ring (bicyclic) bond motifs is 4. The summed E-state index contributed by atoms with van der Waals surface area (Å²) in [5.41, 5.74) is 12.4. The first-order valence-electron chi connectivity index (χ1n) is 19.4. The van der Waals surface area contributed by atoms with E-state index in [4.69, 9.17) is 0 Å². The lowest BCUT2D eigenvalue weighted by molar-refractivity contribution is 0.445. The average Bonchev–Trinajstić information content (AvgIpc) is 3.64. The molecule has 1 aliphatic rings. The zero-order valence-electron chi connectivity index (χ0n) is 30.3. The largest absolute Gasteiger partial charge is 0.309 e. The van der Waals surface area contributed by atoms with E-state index in [0.29, 0.717) is 5.92 Å². The van der Waals surface area contributed by atoms with Gasteiger partial charge >= 0.3 is 0 Å². The molecule has 9 aromatic rings. The topological polar surface area (TPSA) is 3.24 Å². The van der Waals surface area contributed by atoms with E-state index in [0.717, 1.165) is 11.4 Å². The Balaban J connectivity index is 1.22. The Bertz CT molecular complexity index is 2760. The highest BCUT2D eigenvalue weighted by Crippen LogP contribution is 2.48. The van der Waals surface area contributed by atoms with E-state index >= 15 is 0 Å². The number of benzene rings is 8. The van der Waals surface area contributed by atoms with Crippen LogP contribution in [0.5, 0.6) is 0 Å². The molecule has 1 nitrogen and oxygen atoms in total. The Kier molecular flexibility index (Phi) is 8.54. The maximum Gasteiger partial charge on any atom is 0.0540 e. The highest BCUT2D eigenvalue weighted by atomic mass is 32.1. The van der Waals surface area contributed by atoms with Crippen molar-refractivity contribution in [3.05, 3.63) is 188 Å². The third-order valence-electron chi connectivity index (χ3n) is 11.5. The molecule has 2 heteroatoms. The van der Waals surface area contributed by atoms with Crippen molar-refractivity contribution in [2.45, 2.75) is 38.0 Å². The molecule has 1 aromatic heterocycles. The van der Waals surface area contributed by atoms with Gasteiger partial charge in [0.05, 0.1) is 11.4 Å². The van der Waals surface area contributed by atoms with Crippen molar-refractivity contribution in [3.8, 4) is 33.4 Å². The van der Waals surface area contributed by atoms with Crippen LogP contribution < -0.4 is 4.90 Å². The van der Waals surface area contributed by atoms with Crippen LogP contribution in [0.15, 0.2) is 182 Å². The van der Waals surface area contributed by atoms with Crippen LogP contribution in [-0.4, -0.2) is 0 Å². The predicted molar refractivity (Wildman–Crippen MR) is 234 cm³/mol. The summed E-state index contributed by atoms with van der Waals surface area (Å²) in [7, 11) is 0. The van der Waals surface area contributed by atoms with Gasteiger partial charge in [-0.25, -0.2) is 0 Å². The third kappa shape index (κ3) is 5.79. The van der Waals surface area contributed by atoms with Crippen molar-refractivity contribution in [2.24, 2.45) is 0 Å². The van der Waals surface area contributed by atoms with Crippen LogP contribution in [0.3, 0.4) is 0 Å². The minimum Gasteiger partial charge on any atom is -0.309 e. The molecular weight excluding hydrogens is 671 g/mol. The molecule has 8 aromatic carbocycles. The first-order chi connectivity index (χ1) is 26.8. The van der Waals surface area contributed by atoms with Crippen molar-refractivity contribution in [2.75, 3.05) is 4.90 Å². The van der Waals surface area contributed by atoms with E-state index in [1.807, 2.05) is 11.3 Å². The molecule has 54 heavy (non-hydrogen) atoms. The SMILES string of the molecule is c1ccc(-c2ccccc2N(c2cccc(-c3cccc4sc5ccccc5c34)c2)c2ccccc2-c2cccc3cccc(C4CCCCC4)c23)cc1. The molecule has 0 spiro atoms. The minimum absolute atomic E-state index is 0.596. The number of nitrogens with zero attached hydrogens (tertiary/aromatic N) is 1. The van der Waals surface area contributed by atoms with E-state index in [2.05, 4.69) is 187 Å². The Morgan fingerprint density at radius 3 is 1.89 bits per heavy atom. The van der Waals surface area contributed by atoms with Crippen LogP contribution in [0, 0.1) is 0 Å². The highest BCUT2D eigenvalue weighted by molar-refractivity contribution is 7.25. The molecular formula is C52H41NS. The number of thiophene rings is 1. The molecule has 0 radical (unpaired) electrons. The summed E-state index contributed by atoms with van der Waals surface area (Å²) >= 11 is 1.88. The fourth-order valence-electron chi connectivity index (χ4n) is 9.01. The molecule has 1 fully saturated rings. The second kappa shape index (κ2) is 14.1. The van der Waals surface area contributed by atoms with Gasteiger partial charge in [-0.1, -0.05) is 165 Å². The van der Waals surface area contributed by atoms with Crippen molar-refractivity contribution in [1.82, 2.24) is 0 Å². The summed E-state index contributed by atoms with van der Waals surface area (Å²) in [6.45, 7) is 0. The maximum atomic E-state index is 2.51. The monoisotopic (exact) mass is 711 g/mol. The summed E-state index contributed by atoms with van der Waals surface area (Å²) in [6.07, 6.45) is 6.52. The second-order valence-electron chi connectivity index (χ2n) is 14.6. The molecule has 0 saturated heterocycles. The predicted octanol–water partition coefficient (Wildman–Crippen LogP) is 15.7. The van der Waals surface area contributed by atoms with Gasteiger partial charge in [0, 0.05) is 37.0 Å². The van der Waals surface area contributed by atoms with Gasteiger partial charge in [-0.15, -0.1) is 11.3 Å². The first-order valence-corrected chi connectivity index (χ1v) is 20.2. The van der Waals surface area contributed by atoms with Gasteiger partial charge in [-0.2, -0.15) is 0 Å². The van der Waals surface area contributed by atoms with Crippen LogP contribution >= 0.6 is 11.3 Å². The molecule has 260 valence electrons. The molecule has 1 aliphatic carbocycles. The van der Waals surface area contributed by atoms with Crippen LogP contribution in [0.25, 0.3) is 64.3 Å². The lowest BCUT2D eigenvalue weighted by Crippen LogP contribution is -2.13. The quantitative estimate of drug-likeness (QED) is 0.159. The number of hydrogen-bond donors (Lipinski definition) is 0. The summed E-state index contributed by atoms with van der Waals surface area (Å²) in [5, 5.41) is 5.37. The van der Waals surface area contributed by atoms with Gasteiger partial charge in [-0.3, -0.25) is 0 Å². The van der Waals surface area contributed by atoms with E-state index in [1.165, 1.54) is 108 Å². The van der Waals surface area contributed by atoms with Crippen LogP contribution in [0.4, 0.5) is 17.1 Å². The maximum absolute atomic E-state index is 2.51. The van der Waals surface area contributed by atoms with Gasteiger partial charge in [0.2, 0.25) is 0 Å². The standard InChI is InChI=1S/C52H41NS/c1-3-17-36(18-4-1)41-25-7-10-31-47(41)53(40-24-13-23-39(35-40)43-29-16-34-50-52(43)46-27-9-12-33-49(46)54-50)48-32-11-8-26-44(48)45-30-15-22-38-21-14-28-42(51(38)45)37-19-5-2-6-20-37/h1,3-4,7-18,21-35,37H,2,5-6,19-20H2. The third-order valence-corrected chi connectivity index (χ3v) is 12.6. The van der Waals surface area contributed by atoms with E-state index in [9.17, 15) is 0 Å². The summed E-state index contributed by atoms with van der Waals surface area (Å²) in [5.74, 6) is 0.596. The Morgan fingerprint density at radius 2 is 1.04 bits per heavy atom. The zero-order chi connectivity index (χ0) is 35.8. The number of para-hydroxylation sites is 2. The van der Waals surface area contributed by atoms with Crippen molar-refractivity contribution in [3.63, 3.8) is 0 Å². The van der Waals surface area contributed by atoms with Gasteiger partial charge in [0.25, 0.3) is 0 Å². The van der Waals surface area contributed by atoms with E-state index < -0.39 is 0 Å². The molecule has 0 unspecified atom stereocenters. The Morgan fingerprint density at radius 1 is 0.426 bits per heavy atom. The summed E-state index contributed by atoms with van der Waals surface area (Å²) in [6, 6.07) is 67.4. The normalized spacial score (nSPS) is 13.5. The van der Waals surface area contributed by atoms with Crippen molar-refractivity contribution >= 4 is 59.3 Å². The second-order valence-corrected chi connectivity index (χ2v) is 15.7. The minimum atomic E-state index is 0.596. The summed E-state index contributed by atoms with van der Waals surface area (Å²) < 4.78 is 2.64. The molecule has 0 aliphatic heterocycles. The smallest absolute Gasteiger partial charge is 0.0540 e. The molecule has 0 bridgehead atoms. The van der Waals surface area contributed by atoms with Gasteiger partial charge < -0.3 is 4.90 Å². The summed E-state index contributed by atoms with van der Waals surface area (Å²) in [4.78, 5) is 2.51. The molecule has 0 amide bonds. The lowest BCUT2D eigenvalue weighted by Gasteiger charge is -2.31. The average molecular weight is 712 g/mol. The van der Waals surface area contributed by atoms with E-state index in [-0.39, 0.29) is 0 Å². The van der Waals surface area contributed by atoms with Crippen LogP contribution in [-0.2, 0) is 0 Å². The van der Waals surface area contributed by atoms with Gasteiger partial charge in [0.1, 0.15) is 0 Å². The molecule has 1 saturated carbocycles. The number of hydrogen-bond acceptors (Lipinski definition) is 2. The molecule has 10 rings (SSSR count). The van der Waals surface area contributed by atoms with E-state index in [1.54, 1.807) is 0 Å². The Labute approximate surface area is 321 Å². The zero-order valence-corrected chi connectivity index (χ0v) is 31.1. The van der Waals surface area contributed by atoms with Gasteiger partial charge in [-0.05, 0) is 93.7 Å². The van der Waals surface area contributed by atoms with Gasteiger partial charge in [0.15, 0.2) is 0 Å². The first kappa shape index (κ1) is 32.7. The fourth-order valence-corrected chi connectivity index (χ4v) is 10.1. The molecule has 1 heterocycles. The van der Waals surface area contributed by atoms with Crippen LogP contribution in [0.1, 0.15) is 43.6 Å².